The maximum atomic E-state index is 12.0. The lowest BCUT2D eigenvalue weighted by atomic mass is 10.1. The first-order valence-electron chi connectivity index (χ1n) is 7.69. The molecule has 1 aliphatic heterocycles. The monoisotopic (exact) mass is 278 g/mol. The Morgan fingerprint density at radius 1 is 1.30 bits per heavy atom. The fourth-order valence-electron chi connectivity index (χ4n) is 2.44. The summed E-state index contributed by atoms with van der Waals surface area (Å²) in [4.78, 5) is 14.3. The second kappa shape index (κ2) is 7.43. The molecule has 0 atom stereocenters. The van der Waals surface area contributed by atoms with E-state index in [0.29, 0.717) is 12.5 Å². The number of hydrogen-bond donors (Lipinski definition) is 1. The van der Waals surface area contributed by atoms with Gasteiger partial charge in [0.1, 0.15) is 0 Å². The van der Waals surface area contributed by atoms with Gasteiger partial charge >= 0.3 is 0 Å². The summed E-state index contributed by atoms with van der Waals surface area (Å²) in [5, 5.41) is 7.63. The Morgan fingerprint density at radius 2 is 2.05 bits per heavy atom. The summed E-state index contributed by atoms with van der Waals surface area (Å²) >= 11 is 0. The molecule has 0 spiro atoms. The van der Waals surface area contributed by atoms with Gasteiger partial charge in [-0.2, -0.15) is 5.10 Å². The maximum absolute atomic E-state index is 12.0. The summed E-state index contributed by atoms with van der Waals surface area (Å²) in [7, 11) is 0. The van der Waals surface area contributed by atoms with Crippen LogP contribution in [0.15, 0.2) is 17.1 Å². The molecule has 0 aromatic carbocycles. The molecule has 1 saturated heterocycles. The fourth-order valence-corrected chi connectivity index (χ4v) is 2.44. The van der Waals surface area contributed by atoms with E-state index < -0.39 is 0 Å². The van der Waals surface area contributed by atoms with Crippen molar-refractivity contribution >= 4 is 5.69 Å². The third kappa shape index (κ3) is 4.34. The molecule has 5 nitrogen and oxygen atoms in total. The Kier molecular flexibility index (Phi) is 5.59. The first-order chi connectivity index (χ1) is 9.66. The fraction of sp³-hybridized carbons (Fsp3) is 0.733. The zero-order valence-corrected chi connectivity index (χ0v) is 12.6. The molecule has 20 heavy (non-hydrogen) atoms. The zero-order chi connectivity index (χ0) is 14.4. The summed E-state index contributed by atoms with van der Waals surface area (Å²) in [6.07, 6.45) is 5.41. The molecule has 0 unspecified atom stereocenters. The second-order valence-corrected chi connectivity index (χ2v) is 5.90. The largest absolute Gasteiger partial charge is 0.370 e. The Bertz CT molecular complexity index is 463. The van der Waals surface area contributed by atoms with Gasteiger partial charge in [-0.25, -0.2) is 4.68 Å². The van der Waals surface area contributed by atoms with Crippen LogP contribution in [0.2, 0.25) is 0 Å². The minimum absolute atomic E-state index is 0.0000552. The molecule has 1 N–H and O–H groups in total. The van der Waals surface area contributed by atoms with Crippen LogP contribution in [0.25, 0.3) is 0 Å². The van der Waals surface area contributed by atoms with E-state index >= 15 is 0 Å². The van der Waals surface area contributed by atoms with Gasteiger partial charge in [-0.1, -0.05) is 13.8 Å². The topological polar surface area (TPSA) is 50.2 Å². The average Bonchev–Trinajstić information content (AvgIpc) is 2.93. The molecule has 1 aromatic heterocycles. The van der Waals surface area contributed by atoms with Crippen molar-refractivity contribution in [3.05, 3.63) is 22.6 Å². The van der Waals surface area contributed by atoms with Crippen molar-refractivity contribution in [3.63, 3.8) is 0 Å². The van der Waals surface area contributed by atoms with Gasteiger partial charge in [0.05, 0.1) is 18.4 Å². The number of nitrogens with one attached hydrogen (secondary N) is 1. The summed E-state index contributed by atoms with van der Waals surface area (Å²) in [5.74, 6) is 0.711. The van der Waals surface area contributed by atoms with E-state index in [1.165, 1.54) is 12.8 Å². The third-order valence-corrected chi connectivity index (χ3v) is 3.73. The van der Waals surface area contributed by atoms with Gasteiger partial charge in [0.2, 0.25) is 0 Å². The first-order valence-corrected chi connectivity index (χ1v) is 7.69. The van der Waals surface area contributed by atoms with Gasteiger partial charge in [0, 0.05) is 25.7 Å². The smallest absolute Gasteiger partial charge is 0.268 e. The minimum Gasteiger partial charge on any atom is -0.370 e. The number of anilines is 1. The lowest BCUT2D eigenvalue weighted by molar-refractivity contribution is 0.495. The van der Waals surface area contributed by atoms with E-state index in [9.17, 15) is 4.79 Å². The molecule has 2 rings (SSSR count). The van der Waals surface area contributed by atoms with Crippen LogP contribution in [-0.2, 0) is 6.54 Å². The normalized spacial score (nSPS) is 15.2. The van der Waals surface area contributed by atoms with Gasteiger partial charge in [-0.15, -0.1) is 0 Å². The lowest BCUT2D eigenvalue weighted by Gasteiger charge is -2.17. The van der Waals surface area contributed by atoms with Gasteiger partial charge in [0.15, 0.2) is 0 Å². The molecular formula is C15H26N4O. The van der Waals surface area contributed by atoms with Crippen LogP contribution in [0.3, 0.4) is 0 Å². The van der Waals surface area contributed by atoms with E-state index in [4.69, 9.17) is 0 Å². The molecule has 5 heteroatoms. The number of hydrogen-bond acceptors (Lipinski definition) is 4. The van der Waals surface area contributed by atoms with E-state index in [-0.39, 0.29) is 5.56 Å². The summed E-state index contributed by atoms with van der Waals surface area (Å²) in [6, 6.07) is 1.71. The van der Waals surface area contributed by atoms with Crippen LogP contribution in [-0.4, -0.2) is 36.0 Å². The predicted octanol–water partition coefficient (Wildman–Crippen LogP) is 1.48. The van der Waals surface area contributed by atoms with E-state index in [0.717, 1.165) is 38.3 Å². The van der Waals surface area contributed by atoms with Crippen LogP contribution in [0, 0.1) is 5.92 Å². The number of rotatable bonds is 7. The summed E-state index contributed by atoms with van der Waals surface area (Å²) < 4.78 is 1.54. The molecule has 0 bridgehead atoms. The molecule has 112 valence electrons. The molecule has 1 fully saturated rings. The highest BCUT2D eigenvalue weighted by Crippen LogP contribution is 2.16. The van der Waals surface area contributed by atoms with Crippen molar-refractivity contribution in [3.8, 4) is 0 Å². The zero-order valence-electron chi connectivity index (χ0n) is 12.6. The number of nitrogens with zero attached hydrogens (tertiary/aromatic N) is 3. The Labute approximate surface area is 121 Å². The highest BCUT2D eigenvalue weighted by Gasteiger charge is 2.13. The van der Waals surface area contributed by atoms with Crippen molar-refractivity contribution < 1.29 is 0 Å². The van der Waals surface area contributed by atoms with E-state index in [1.807, 2.05) is 6.20 Å². The second-order valence-electron chi connectivity index (χ2n) is 5.90. The molecule has 1 aromatic rings. The highest BCUT2D eigenvalue weighted by molar-refractivity contribution is 5.43. The van der Waals surface area contributed by atoms with Crippen molar-refractivity contribution in [2.75, 3.05) is 31.1 Å². The van der Waals surface area contributed by atoms with Crippen molar-refractivity contribution in [1.29, 1.82) is 0 Å². The molecule has 0 amide bonds. The Morgan fingerprint density at radius 3 is 2.70 bits per heavy atom. The average molecular weight is 278 g/mol. The molecule has 0 saturated carbocycles. The van der Waals surface area contributed by atoms with Gasteiger partial charge < -0.3 is 10.2 Å². The maximum Gasteiger partial charge on any atom is 0.268 e. The lowest BCUT2D eigenvalue weighted by Crippen LogP contribution is -2.30. The van der Waals surface area contributed by atoms with Crippen LogP contribution >= 0.6 is 0 Å². The standard InChI is InChI=1S/C15H26N4O/c1-13(2)5-6-16-7-10-19-15(20)11-14(12-17-19)18-8-3-4-9-18/h11-13,16H,3-10H2,1-2H3. The predicted molar refractivity (Wildman–Crippen MR) is 82.3 cm³/mol. The molecule has 0 aliphatic carbocycles. The SMILES string of the molecule is CC(C)CCNCCn1ncc(N2CCCC2)cc1=O. The van der Waals surface area contributed by atoms with E-state index in [1.54, 1.807) is 10.7 Å². The highest BCUT2D eigenvalue weighted by atomic mass is 16.1. The van der Waals surface area contributed by atoms with Crippen LogP contribution < -0.4 is 15.8 Å². The van der Waals surface area contributed by atoms with Gasteiger partial charge in [0.25, 0.3) is 5.56 Å². The van der Waals surface area contributed by atoms with Crippen LogP contribution in [0.4, 0.5) is 5.69 Å². The Hall–Kier alpha value is -1.36. The van der Waals surface area contributed by atoms with Crippen molar-refractivity contribution in [2.45, 2.75) is 39.7 Å². The minimum atomic E-state index is 0.0000552. The first kappa shape index (κ1) is 15.0. The van der Waals surface area contributed by atoms with Crippen LogP contribution in [0.5, 0.6) is 0 Å². The summed E-state index contributed by atoms with van der Waals surface area (Å²) in [5.41, 5.74) is 0.969. The van der Waals surface area contributed by atoms with E-state index in [2.05, 4.69) is 29.2 Å². The molecule has 2 heterocycles. The van der Waals surface area contributed by atoms with Crippen molar-refractivity contribution in [2.24, 2.45) is 5.92 Å². The molecule has 1 aliphatic rings. The van der Waals surface area contributed by atoms with Crippen molar-refractivity contribution in [1.82, 2.24) is 15.1 Å². The third-order valence-electron chi connectivity index (χ3n) is 3.73. The quantitative estimate of drug-likeness (QED) is 0.768. The number of aromatic nitrogens is 2. The van der Waals surface area contributed by atoms with Gasteiger partial charge in [-0.05, 0) is 31.7 Å². The van der Waals surface area contributed by atoms with Crippen LogP contribution in [0.1, 0.15) is 33.1 Å². The molecule has 0 radical (unpaired) electrons. The van der Waals surface area contributed by atoms with Gasteiger partial charge in [-0.3, -0.25) is 4.79 Å². The Balaban J connectivity index is 1.82. The molecular weight excluding hydrogens is 252 g/mol. The summed E-state index contributed by atoms with van der Waals surface area (Å²) in [6.45, 7) is 8.94.